The lowest BCUT2D eigenvalue weighted by Gasteiger charge is -2.30. The second-order valence-corrected chi connectivity index (χ2v) is 13.9. The van der Waals surface area contributed by atoms with Crippen LogP contribution in [0.15, 0.2) is 115 Å². The highest BCUT2D eigenvalue weighted by molar-refractivity contribution is 6.06. The highest BCUT2D eigenvalue weighted by atomic mass is 16.5. The minimum atomic E-state index is -1.60. The molecule has 0 fully saturated rings. The van der Waals surface area contributed by atoms with Crippen LogP contribution in [0.5, 0.6) is 63.2 Å². The van der Waals surface area contributed by atoms with Gasteiger partial charge in [-0.05, 0) is 53.1 Å². The molecule has 306 valence electrons. The number of ether oxygens (including phenoxy) is 3. The van der Waals surface area contributed by atoms with Gasteiger partial charge in [0.25, 0.3) is 0 Å². The van der Waals surface area contributed by atoms with Gasteiger partial charge < -0.3 is 60.2 Å². The molecule has 4 atom stereocenters. The molecule has 9 N–H and O–H groups in total. The van der Waals surface area contributed by atoms with Crippen LogP contribution in [0, 0.1) is 0 Å². The molecule has 15 heteroatoms. The Bertz CT molecular complexity index is 2620. The van der Waals surface area contributed by atoms with E-state index in [1.165, 1.54) is 36.4 Å². The number of para-hydroxylation sites is 1. The molecule has 0 saturated heterocycles. The molecular weight excluding hydrogens is 780 g/mol. The summed E-state index contributed by atoms with van der Waals surface area (Å²) in [5.74, 6) is -2.94. The van der Waals surface area contributed by atoms with Crippen molar-refractivity contribution in [1.29, 1.82) is 0 Å². The second-order valence-electron chi connectivity index (χ2n) is 13.9. The number of fused-ring (bicyclic) bond motifs is 3. The number of benzene rings is 6. The minimum absolute atomic E-state index is 0.0183. The average Bonchev–Trinajstić information content (AvgIpc) is 3.21. The van der Waals surface area contributed by atoms with Crippen molar-refractivity contribution in [3.8, 4) is 63.2 Å². The molecule has 0 aliphatic carbocycles. The molecular formula is C45H36O15. The second kappa shape index (κ2) is 16.5. The molecule has 0 amide bonds. The first-order valence-electron chi connectivity index (χ1n) is 18.3. The van der Waals surface area contributed by atoms with E-state index in [4.69, 9.17) is 14.2 Å². The van der Waals surface area contributed by atoms with E-state index in [0.717, 1.165) is 29.8 Å². The van der Waals surface area contributed by atoms with Gasteiger partial charge in [0.15, 0.2) is 46.8 Å². The fourth-order valence-corrected chi connectivity index (χ4v) is 6.86. The van der Waals surface area contributed by atoms with Crippen LogP contribution >= 0.6 is 0 Å². The van der Waals surface area contributed by atoms with Gasteiger partial charge in [-0.25, -0.2) is 0 Å². The molecule has 4 unspecified atom stereocenters. The molecule has 3 heterocycles. The van der Waals surface area contributed by atoms with Gasteiger partial charge in [0.1, 0.15) is 63.6 Å². The molecule has 15 nitrogen and oxygen atoms in total. The number of carbonyl (C=O) groups is 3. The number of aromatic hydroxyl groups is 8. The van der Waals surface area contributed by atoms with Gasteiger partial charge in [-0.2, -0.15) is 0 Å². The molecule has 9 rings (SSSR count). The van der Waals surface area contributed by atoms with E-state index >= 15 is 0 Å². The minimum Gasteiger partial charge on any atom is -0.508 e. The van der Waals surface area contributed by atoms with E-state index in [1.807, 2.05) is 54.6 Å². The van der Waals surface area contributed by atoms with Crippen molar-refractivity contribution in [2.45, 2.75) is 37.3 Å². The van der Waals surface area contributed by atoms with Crippen molar-refractivity contribution < 1.29 is 74.6 Å². The van der Waals surface area contributed by atoms with E-state index in [1.54, 1.807) is 0 Å². The van der Waals surface area contributed by atoms with Crippen LogP contribution in [0.4, 0.5) is 0 Å². The summed E-state index contributed by atoms with van der Waals surface area (Å²) in [6.45, 7) is 0. The van der Waals surface area contributed by atoms with Crippen LogP contribution in [0.25, 0.3) is 0 Å². The Morgan fingerprint density at radius 3 is 1.60 bits per heavy atom. The molecule has 0 spiro atoms. The summed E-state index contributed by atoms with van der Waals surface area (Å²) < 4.78 is 17.0. The zero-order valence-corrected chi connectivity index (χ0v) is 31.2. The number of ketones is 3. The van der Waals surface area contributed by atoms with Crippen molar-refractivity contribution in [1.82, 2.24) is 0 Å². The number of rotatable bonds is 3. The van der Waals surface area contributed by atoms with Crippen molar-refractivity contribution in [3.63, 3.8) is 0 Å². The number of aliphatic hydroxyl groups excluding tert-OH is 1. The molecule has 0 aromatic heterocycles. The summed E-state index contributed by atoms with van der Waals surface area (Å²) in [6.07, 6.45) is -3.17. The number of hydrogen-bond donors (Lipinski definition) is 9. The van der Waals surface area contributed by atoms with Crippen molar-refractivity contribution >= 4 is 17.3 Å². The van der Waals surface area contributed by atoms with Gasteiger partial charge >= 0.3 is 0 Å². The summed E-state index contributed by atoms with van der Waals surface area (Å²) in [4.78, 5) is 36.3. The van der Waals surface area contributed by atoms with E-state index < -0.39 is 35.6 Å². The smallest absolute Gasteiger partial charge is 0.202 e. The topological polar surface area (TPSA) is 261 Å². The maximum Gasteiger partial charge on any atom is 0.202 e. The number of carbonyl (C=O) groups excluding carboxylic acids is 3. The van der Waals surface area contributed by atoms with Gasteiger partial charge in [0.2, 0.25) is 5.78 Å². The van der Waals surface area contributed by atoms with E-state index in [2.05, 4.69) is 0 Å². The third kappa shape index (κ3) is 8.23. The first kappa shape index (κ1) is 40.3. The maximum atomic E-state index is 12.2. The highest BCUT2D eigenvalue weighted by Gasteiger charge is 2.39. The Labute approximate surface area is 340 Å². The Hall–Kier alpha value is -7.91. The summed E-state index contributed by atoms with van der Waals surface area (Å²) in [5, 5.41) is 86.1. The molecule has 0 radical (unpaired) electrons. The van der Waals surface area contributed by atoms with Crippen LogP contribution in [0.1, 0.15) is 78.9 Å². The third-order valence-electron chi connectivity index (χ3n) is 9.80. The van der Waals surface area contributed by atoms with Crippen LogP contribution in [0.2, 0.25) is 0 Å². The predicted molar refractivity (Wildman–Crippen MR) is 210 cm³/mol. The molecule has 3 aliphatic heterocycles. The lowest BCUT2D eigenvalue weighted by Crippen LogP contribution is -2.36. The molecule has 6 aromatic rings. The van der Waals surface area contributed by atoms with Gasteiger partial charge in [0, 0.05) is 24.3 Å². The monoisotopic (exact) mass is 816 g/mol. The van der Waals surface area contributed by atoms with Crippen molar-refractivity contribution in [2.24, 2.45) is 0 Å². The van der Waals surface area contributed by atoms with Crippen LogP contribution < -0.4 is 14.2 Å². The quantitative estimate of drug-likeness (QED) is 0.0833. The number of phenolic OH excluding ortho intramolecular Hbond substituents is 8. The van der Waals surface area contributed by atoms with Gasteiger partial charge in [-0.15, -0.1) is 0 Å². The lowest BCUT2D eigenvalue weighted by atomic mass is 9.92. The summed E-state index contributed by atoms with van der Waals surface area (Å²) in [7, 11) is 0. The fourth-order valence-electron chi connectivity index (χ4n) is 6.86. The Kier molecular flexibility index (Phi) is 11.1. The van der Waals surface area contributed by atoms with Crippen LogP contribution in [-0.2, 0) is 0 Å². The van der Waals surface area contributed by atoms with Crippen molar-refractivity contribution in [2.75, 3.05) is 0 Å². The van der Waals surface area contributed by atoms with E-state index in [9.17, 15) is 60.3 Å². The van der Waals surface area contributed by atoms with E-state index in [0.29, 0.717) is 23.3 Å². The van der Waals surface area contributed by atoms with Crippen LogP contribution in [-0.4, -0.2) is 69.4 Å². The zero-order chi connectivity index (χ0) is 42.8. The first-order valence-corrected chi connectivity index (χ1v) is 18.3. The van der Waals surface area contributed by atoms with E-state index in [-0.39, 0.29) is 86.8 Å². The highest BCUT2D eigenvalue weighted by Crippen LogP contribution is 2.44. The van der Waals surface area contributed by atoms with Gasteiger partial charge in [-0.1, -0.05) is 54.6 Å². The molecule has 0 bridgehead atoms. The number of aliphatic hydroxyl groups is 1. The fraction of sp³-hybridized carbons (Fsp3) is 0.133. The molecule has 6 aromatic carbocycles. The summed E-state index contributed by atoms with van der Waals surface area (Å²) >= 11 is 0. The first-order chi connectivity index (χ1) is 28.7. The SMILES string of the molecule is O=C1CC(c2ccc(O)c(O)c2)Oc2cc(O)cc(O)c21.O=C1CC(c2ccccc2)Oc2ccccc21.O=C1c2c(O)cc(O)cc2OC(c2ccc(O)c(O)c2)C1O. The number of Topliss-reactive ketones (excluding diaryl/α,β-unsaturated/α-hetero) is 3. The molecule has 0 saturated carbocycles. The standard InChI is InChI=1S/C15H12O7.C15H12O6.C15H12O2/c16-7-4-10(19)12-11(5-7)22-15(14(21)13(12)20)6-1-2-8(17)9(18)3-6;16-8-4-11(19)15-12(20)6-13(21-14(15)5-8)7-1-2-9(17)10(18)3-7;16-13-10-15(11-6-2-1-3-7-11)17-14-9-5-4-8-12(13)14/h1-5,14-19,21H;1-5,13,16-19H,6H2;1-9,15H,10H2. The Morgan fingerprint density at radius 1 is 0.433 bits per heavy atom. The maximum absolute atomic E-state index is 12.2. The van der Waals surface area contributed by atoms with Gasteiger partial charge in [0.05, 0.1) is 18.4 Å². The predicted octanol–water partition coefficient (Wildman–Crippen LogP) is 6.79. The summed E-state index contributed by atoms with van der Waals surface area (Å²) in [6, 6.07) is 29.6. The number of phenols is 8. The largest absolute Gasteiger partial charge is 0.508 e. The molecule has 60 heavy (non-hydrogen) atoms. The number of hydrogen-bond acceptors (Lipinski definition) is 15. The van der Waals surface area contributed by atoms with Crippen LogP contribution in [0.3, 0.4) is 0 Å². The zero-order valence-electron chi connectivity index (χ0n) is 31.2. The Balaban J connectivity index is 0.000000137. The Morgan fingerprint density at radius 2 is 0.950 bits per heavy atom. The normalized spacial score (nSPS) is 18.6. The summed E-state index contributed by atoms with van der Waals surface area (Å²) in [5.41, 5.74) is 2.32. The van der Waals surface area contributed by atoms with Gasteiger partial charge in [-0.3, -0.25) is 14.4 Å². The lowest BCUT2D eigenvalue weighted by molar-refractivity contribution is 0.0210. The van der Waals surface area contributed by atoms with Crippen molar-refractivity contribution in [3.05, 3.63) is 149 Å². The average molecular weight is 817 g/mol. The third-order valence-corrected chi connectivity index (χ3v) is 9.80. The molecule has 3 aliphatic rings.